The second kappa shape index (κ2) is 9.16. The van der Waals surface area contributed by atoms with E-state index in [9.17, 15) is 13.6 Å². The number of halogens is 2. The van der Waals surface area contributed by atoms with Gasteiger partial charge in [0.05, 0.1) is 5.92 Å². The van der Waals surface area contributed by atoms with E-state index in [1.54, 1.807) is 0 Å². The second-order valence-electron chi connectivity index (χ2n) is 8.61. The average Bonchev–Trinajstić information content (AvgIpc) is 2.67. The summed E-state index contributed by atoms with van der Waals surface area (Å²) in [5.74, 6) is 0.583. The standard InChI is InChI=1S/C23H32F2O2/c1-3-4-16-5-7-17(8-6-16)18-9-11-19(12-10-18)23(26)27-20-13-21(24)15(2)22(25)14-20/h13-14,16-19H,3-12H2,1-2H3. The molecule has 4 heteroatoms. The zero-order chi connectivity index (χ0) is 19.4. The molecule has 0 radical (unpaired) electrons. The maximum atomic E-state index is 13.6. The lowest BCUT2D eigenvalue weighted by Crippen LogP contribution is -2.30. The fourth-order valence-electron chi connectivity index (χ4n) is 5.06. The van der Waals surface area contributed by atoms with Gasteiger partial charge in [-0.2, -0.15) is 0 Å². The molecule has 150 valence electrons. The molecule has 1 aromatic rings. The summed E-state index contributed by atoms with van der Waals surface area (Å²) in [4.78, 5) is 12.4. The van der Waals surface area contributed by atoms with Crippen molar-refractivity contribution in [3.05, 3.63) is 29.3 Å². The molecule has 0 aliphatic heterocycles. The molecular formula is C23H32F2O2. The Labute approximate surface area is 161 Å². The van der Waals surface area contributed by atoms with Crippen LogP contribution in [-0.4, -0.2) is 5.97 Å². The Balaban J connectivity index is 1.47. The molecule has 3 rings (SSSR count). The lowest BCUT2D eigenvalue weighted by molar-refractivity contribution is -0.140. The summed E-state index contributed by atoms with van der Waals surface area (Å²) in [7, 11) is 0. The largest absolute Gasteiger partial charge is 0.426 e. The number of carbonyl (C=O) groups excluding carboxylic acids is 1. The van der Waals surface area contributed by atoms with E-state index in [4.69, 9.17) is 4.74 Å². The first-order valence-electron chi connectivity index (χ1n) is 10.6. The molecule has 1 aromatic carbocycles. The molecule has 0 bridgehead atoms. The number of rotatable bonds is 5. The molecule has 0 N–H and O–H groups in total. The normalized spacial score (nSPS) is 28.7. The Bertz CT molecular complexity index is 619. The Kier molecular flexibility index (Phi) is 6.88. The van der Waals surface area contributed by atoms with Crippen molar-refractivity contribution in [2.24, 2.45) is 23.7 Å². The summed E-state index contributed by atoms with van der Waals surface area (Å²) in [5, 5.41) is 0. The topological polar surface area (TPSA) is 26.3 Å². The van der Waals surface area contributed by atoms with E-state index in [1.165, 1.54) is 45.4 Å². The van der Waals surface area contributed by atoms with Crippen LogP contribution in [-0.2, 0) is 4.79 Å². The second-order valence-corrected chi connectivity index (χ2v) is 8.61. The molecule has 0 unspecified atom stereocenters. The molecule has 0 amide bonds. The van der Waals surface area contributed by atoms with E-state index in [1.807, 2.05) is 0 Å². The lowest BCUT2D eigenvalue weighted by Gasteiger charge is -2.37. The Morgan fingerprint density at radius 2 is 1.48 bits per heavy atom. The number of carbonyl (C=O) groups is 1. The number of hydrogen-bond acceptors (Lipinski definition) is 2. The van der Waals surface area contributed by atoms with Crippen LogP contribution in [0, 0.1) is 42.2 Å². The van der Waals surface area contributed by atoms with E-state index >= 15 is 0 Å². The van der Waals surface area contributed by atoms with Crippen molar-refractivity contribution in [3.63, 3.8) is 0 Å². The van der Waals surface area contributed by atoms with Crippen LogP contribution < -0.4 is 4.74 Å². The molecule has 27 heavy (non-hydrogen) atoms. The minimum absolute atomic E-state index is 0.0306. The van der Waals surface area contributed by atoms with Gasteiger partial charge in [0.15, 0.2) is 0 Å². The fourth-order valence-corrected chi connectivity index (χ4v) is 5.06. The number of benzene rings is 1. The van der Waals surface area contributed by atoms with Crippen LogP contribution in [0.25, 0.3) is 0 Å². The molecule has 2 aliphatic carbocycles. The molecule has 2 fully saturated rings. The first-order valence-corrected chi connectivity index (χ1v) is 10.6. The predicted molar refractivity (Wildman–Crippen MR) is 103 cm³/mol. The monoisotopic (exact) mass is 378 g/mol. The summed E-state index contributed by atoms with van der Waals surface area (Å²) in [5.41, 5.74) is -0.0519. The third-order valence-electron chi connectivity index (χ3n) is 6.83. The van der Waals surface area contributed by atoms with Crippen molar-refractivity contribution in [1.82, 2.24) is 0 Å². The van der Waals surface area contributed by atoms with Gasteiger partial charge in [0, 0.05) is 17.7 Å². The van der Waals surface area contributed by atoms with Gasteiger partial charge in [0.1, 0.15) is 17.4 Å². The SMILES string of the molecule is CCCC1CCC(C2CCC(C(=O)Oc3cc(F)c(C)c(F)c3)CC2)CC1. The number of esters is 1. The third-order valence-corrected chi connectivity index (χ3v) is 6.83. The average molecular weight is 379 g/mol. The van der Waals surface area contributed by atoms with Gasteiger partial charge in [-0.25, -0.2) is 8.78 Å². The van der Waals surface area contributed by atoms with Crippen LogP contribution in [0.1, 0.15) is 76.7 Å². The maximum Gasteiger partial charge on any atom is 0.314 e. The first kappa shape index (κ1) is 20.3. The first-order chi connectivity index (χ1) is 13.0. The van der Waals surface area contributed by atoms with Crippen molar-refractivity contribution in [3.8, 4) is 5.75 Å². The molecule has 2 nitrogen and oxygen atoms in total. The summed E-state index contributed by atoms with van der Waals surface area (Å²) in [6, 6.07) is 2.19. The molecule has 2 aliphatic rings. The van der Waals surface area contributed by atoms with Gasteiger partial charge in [0.2, 0.25) is 0 Å². The van der Waals surface area contributed by atoms with E-state index < -0.39 is 11.6 Å². The minimum atomic E-state index is -0.680. The van der Waals surface area contributed by atoms with Gasteiger partial charge in [-0.3, -0.25) is 4.79 Å². The lowest BCUT2D eigenvalue weighted by atomic mass is 9.69. The smallest absolute Gasteiger partial charge is 0.314 e. The van der Waals surface area contributed by atoms with Gasteiger partial charge in [-0.1, -0.05) is 32.6 Å². The Morgan fingerprint density at radius 1 is 0.963 bits per heavy atom. The van der Waals surface area contributed by atoms with Crippen molar-refractivity contribution >= 4 is 5.97 Å². The van der Waals surface area contributed by atoms with E-state index in [-0.39, 0.29) is 23.2 Å². The summed E-state index contributed by atoms with van der Waals surface area (Å²) >= 11 is 0. The molecular weight excluding hydrogens is 346 g/mol. The van der Waals surface area contributed by atoms with Crippen molar-refractivity contribution in [1.29, 1.82) is 0 Å². The van der Waals surface area contributed by atoms with Gasteiger partial charge in [0.25, 0.3) is 0 Å². The highest BCUT2D eigenvalue weighted by Gasteiger charge is 2.33. The summed E-state index contributed by atoms with van der Waals surface area (Å²) in [6.07, 6.45) is 11.9. The maximum absolute atomic E-state index is 13.6. The highest BCUT2D eigenvalue weighted by Crippen LogP contribution is 2.42. The molecule has 0 spiro atoms. The quantitative estimate of drug-likeness (QED) is 0.427. The predicted octanol–water partition coefficient (Wildman–Crippen LogP) is 6.59. The highest BCUT2D eigenvalue weighted by atomic mass is 19.1. The third kappa shape index (κ3) is 5.08. The van der Waals surface area contributed by atoms with Crippen molar-refractivity contribution in [2.75, 3.05) is 0 Å². The summed E-state index contributed by atoms with van der Waals surface area (Å²) in [6.45, 7) is 3.64. The van der Waals surface area contributed by atoms with Crippen LogP contribution >= 0.6 is 0 Å². The number of hydrogen-bond donors (Lipinski definition) is 0. The fraction of sp³-hybridized carbons (Fsp3) is 0.696. The van der Waals surface area contributed by atoms with Crippen molar-refractivity contribution in [2.45, 2.75) is 78.1 Å². The van der Waals surface area contributed by atoms with E-state index in [0.717, 1.165) is 55.6 Å². The van der Waals surface area contributed by atoms with Crippen LogP contribution in [0.2, 0.25) is 0 Å². The van der Waals surface area contributed by atoms with Crippen LogP contribution in [0.3, 0.4) is 0 Å². The number of ether oxygens (including phenoxy) is 1. The summed E-state index contributed by atoms with van der Waals surface area (Å²) < 4.78 is 32.5. The molecule has 0 aromatic heterocycles. The van der Waals surface area contributed by atoms with Crippen LogP contribution in [0.5, 0.6) is 5.75 Å². The van der Waals surface area contributed by atoms with Gasteiger partial charge >= 0.3 is 5.97 Å². The zero-order valence-corrected chi connectivity index (χ0v) is 16.6. The van der Waals surface area contributed by atoms with Crippen molar-refractivity contribution < 1.29 is 18.3 Å². The molecule has 0 saturated heterocycles. The van der Waals surface area contributed by atoms with Gasteiger partial charge in [-0.05, 0) is 63.2 Å². The zero-order valence-electron chi connectivity index (χ0n) is 16.6. The molecule has 0 atom stereocenters. The van der Waals surface area contributed by atoms with Gasteiger partial charge < -0.3 is 4.74 Å². The van der Waals surface area contributed by atoms with Crippen LogP contribution in [0.15, 0.2) is 12.1 Å². The minimum Gasteiger partial charge on any atom is -0.426 e. The van der Waals surface area contributed by atoms with Crippen LogP contribution in [0.4, 0.5) is 8.78 Å². The van der Waals surface area contributed by atoms with Gasteiger partial charge in [-0.15, -0.1) is 0 Å². The molecule has 2 saturated carbocycles. The molecule has 0 heterocycles. The Morgan fingerprint density at radius 3 is 2.00 bits per heavy atom. The van der Waals surface area contributed by atoms with E-state index in [0.29, 0.717) is 0 Å². The highest BCUT2D eigenvalue weighted by molar-refractivity contribution is 5.75. The Hall–Kier alpha value is -1.45. The van der Waals surface area contributed by atoms with E-state index in [2.05, 4.69) is 6.92 Å².